The van der Waals surface area contributed by atoms with Crippen molar-refractivity contribution in [1.82, 2.24) is 0 Å². The molecule has 0 radical (unpaired) electrons. The van der Waals surface area contributed by atoms with E-state index in [0.29, 0.717) is 5.92 Å². The van der Waals surface area contributed by atoms with Crippen molar-refractivity contribution >= 4 is 10.8 Å². The zero-order valence-corrected chi connectivity index (χ0v) is 11.2. The van der Waals surface area contributed by atoms with E-state index in [1.54, 1.807) is 0 Å². The van der Waals surface area contributed by atoms with Gasteiger partial charge in [-0.3, -0.25) is 0 Å². The molecule has 0 aliphatic heterocycles. The minimum absolute atomic E-state index is 0.467. The maximum Gasteiger partial charge on any atom is 0.0237 e. The van der Waals surface area contributed by atoms with E-state index < -0.39 is 0 Å². The molecule has 0 nitrogen and oxygen atoms in total. The average Bonchev–Trinajstić information content (AvgIpc) is 2.66. The summed E-state index contributed by atoms with van der Waals surface area (Å²) in [5.41, 5.74) is 5.77. The number of benzene rings is 2. The summed E-state index contributed by atoms with van der Waals surface area (Å²) < 4.78 is 0. The summed E-state index contributed by atoms with van der Waals surface area (Å²) in [6.45, 7) is 6.68. The Morgan fingerprint density at radius 3 is 2.22 bits per heavy atom. The average molecular weight is 234 g/mol. The van der Waals surface area contributed by atoms with Gasteiger partial charge in [0.1, 0.15) is 0 Å². The zero-order chi connectivity index (χ0) is 12.7. The van der Waals surface area contributed by atoms with Crippen molar-refractivity contribution in [2.75, 3.05) is 0 Å². The van der Waals surface area contributed by atoms with Crippen LogP contribution in [-0.4, -0.2) is 0 Å². The Bertz CT molecular complexity index is 671. The fourth-order valence-corrected chi connectivity index (χ4v) is 2.79. The molecule has 18 heavy (non-hydrogen) atoms. The van der Waals surface area contributed by atoms with Gasteiger partial charge in [-0.05, 0) is 42.7 Å². The van der Waals surface area contributed by atoms with E-state index >= 15 is 0 Å². The molecule has 1 aliphatic carbocycles. The van der Waals surface area contributed by atoms with E-state index in [4.69, 9.17) is 0 Å². The molecule has 0 heteroatoms. The van der Waals surface area contributed by atoms with Crippen LogP contribution in [0.3, 0.4) is 0 Å². The Morgan fingerprint density at radius 1 is 0.833 bits per heavy atom. The monoisotopic (exact) mass is 234 g/mol. The molecule has 0 saturated heterocycles. The van der Waals surface area contributed by atoms with E-state index in [-0.39, 0.29) is 0 Å². The third-order valence-electron chi connectivity index (χ3n) is 4.20. The smallest absolute Gasteiger partial charge is 0.0237 e. The molecule has 0 aromatic heterocycles. The van der Waals surface area contributed by atoms with Crippen molar-refractivity contribution in [2.45, 2.75) is 26.7 Å². The highest BCUT2D eigenvalue weighted by atomic mass is 14.2. The summed E-state index contributed by atoms with van der Waals surface area (Å²) in [7, 11) is 0. The summed E-state index contributed by atoms with van der Waals surface area (Å²) in [4.78, 5) is 0. The van der Waals surface area contributed by atoms with Gasteiger partial charge in [-0.15, -0.1) is 0 Å². The second kappa shape index (κ2) is 4.13. The van der Waals surface area contributed by atoms with Crippen molar-refractivity contribution < 1.29 is 0 Å². The molecule has 0 fully saturated rings. The van der Waals surface area contributed by atoms with Crippen LogP contribution in [-0.2, 0) is 0 Å². The van der Waals surface area contributed by atoms with E-state index in [0.717, 1.165) is 0 Å². The first-order valence-electron chi connectivity index (χ1n) is 6.51. The summed E-state index contributed by atoms with van der Waals surface area (Å²) in [5, 5.41) is 2.65. The van der Waals surface area contributed by atoms with Crippen LogP contribution in [0.5, 0.6) is 0 Å². The lowest BCUT2D eigenvalue weighted by molar-refractivity contribution is 1.01. The molecule has 0 heterocycles. The van der Waals surface area contributed by atoms with Crippen LogP contribution in [0.2, 0.25) is 0 Å². The minimum atomic E-state index is 0.467. The van der Waals surface area contributed by atoms with Gasteiger partial charge < -0.3 is 0 Å². The Balaban J connectivity index is 2.11. The fourth-order valence-electron chi connectivity index (χ4n) is 2.79. The number of fused-ring (bicyclic) bond motifs is 1. The third-order valence-corrected chi connectivity index (χ3v) is 4.20. The standard InChI is InChI=1S/C18H18/c1-12-10-18(14(3)13(12)2)17-9-8-15-6-4-5-7-16(15)11-17/h4-11,18H,1-3H3. The number of rotatable bonds is 1. The second-order valence-electron chi connectivity index (χ2n) is 5.24. The molecule has 0 spiro atoms. The van der Waals surface area contributed by atoms with E-state index in [1.165, 1.54) is 33.1 Å². The van der Waals surface area contributed by atoms with Gasteiger partial charge in [0.15, 0.2) is 0 Å². The predicted molar refractivity (Wildman–Crippen MR) is 78.8 cm³/mol. The summed E-state index contributed by atoms with van der Waals surface area (Å²) >= 11 is 0. The lowest BCUT2D eigenvalue weighted by Crippen LogP contribution is -1.94. The summed E-state index contributed by atoms with van der Waals surface area (Å²) in [5.74, 6) is 0.467. The van der Waals surface area contributed by atoms with Gasteiger partial charge >= 0.3 is 0 Å². The summed E-state index contributed by atoms with van der Waals surface area (Å²) in [6.07, 6.45) is 2.38. The molecule has 0 amide bonds. The van der Waals surface area contributed by atoms with E-state index in [2.05, 4.69) is 69.3 Å². The largest absolute Gasteiger partial charge is 0.0698 e. The molecule has 1 atom stereocenters. The zero-order valence-electron chi connectivity index (χ0n) is 11.2. The van der Waals surface area contributed by atoms with Gasteiger partial charge in [0, 0.05) is 5.92 Å². The van der Waals surface area contributed by atoms with Crippen LogP contribution < -0.4 is 0 Å². The molecule has 1 aliphatic rings. The lowest BCUT2D eigenvalue weighted by atomic mass is 9.92. The maximum atomic E-state index is 2.38. The molecule has 2 aromatic rings. The van der Waals surface area contributed by atoms with Crippen LogP contribution in [0.4, 0.5) is 0 Å². The Hall–Kier alpha value is -1.82. The molecule has 1 unspecified atom stereocenters. The van der Waals surface area contributed by atoms with Crippen molar-refractivity contribution in [3.8, 4) is 0 Å². The normalized spacial score (nSPS) is 19.5. The molecule has 0 bridgehead atoms. The van der Waals surface area contributed by atoms with Crippen LogP contribution in [0.15, 0.2) is 65.3 Å². The lowest BCUT2D eigenvalue weighted by Gasteiger charge is -2.12. The molecular formula is C18H18. The van der Waals surface area contributed by atoms with Crippen LogP contribution in [0.25, 0.3) is 10.8 Å². The highest BCUT2D eigenvalue weighted by Crippen LogP contribution is 2.38. The predicted octanol–water partition coefficient (Wildman–Crippen LogP) is 5.22. The first kappa shape index (κ1) is 11.3. The fraction of sp³-hybridized carbons (Fsp3) is 0.222. The molecule has 90 valence electrons. The van der Waals surface area contributed by atoms with Gasteiger partial charge in [-0.25, -0.2) is 0 Å². The van der Waals surface area contributed by atoms with Crippen LogP contribution in [0, 0.1) is 0 Å². The Morgan fingerprint density at radius 2 is 1.56 bits per heavy atom. The third kappa shape index (κ3) is 1.69. The number of hydrogen-bond donors (Lipinski definition) is 0. The quantitative estimate of drug-likeness (QED) is 0.634. The van der Waals surface area contributed by atoms with Crippen molar-refractivity contribution in [2.24, 2.45) is 0 Å². The first-order chi connectivity index (χ1) is 8.66. The SMILES string of the molecule is CC1=CC(c2ccc3ccccc3c2)C(C)=C1C. The molecular weight excluding hydrogens is 216 g/mol. The Labute approximate surface area is 109 Å². The van der Waals surface area contributed by atoms with E-state index in [1.807, 2.05) is 0 Å². The minimum Gasteiger partial charge on any atom is -0.0698 e. The van der Waals surface area contributed by atoms with Gasteiger partial charge in [0.25, 0.3) is 0 Å². The Kier molecular flexibility index (Phi) is 2.59. The molecule has 0 N–H and O–H groups in total. The van der Waals surface area contributed by atoms with Gasteiger partial charge in [-0.2, -0.15) is 0 Å². The van der Waals surface area contributed by atoms with Crippen molar-refractivity contribution in [1.29, 1.82) is 0 Å². The van der Waals surface area contributed by atoms with Crippen LogP contribution >= 0.6 is 0 Å². The molecule has 0 saturated carbocycles. The van der Waals surface area contributed by atoms with Gasteiger partial charge in [-0.1, -0.05) is 59.7 Å². The van der Waals surface area contributed by atoms with Crippen molar-refractivity contribution in [3.05, 3.63) is 70.8 Å². The van der Waals surface area contributed by atoms with Crippen molar-refractivity contribution in [3.63, 3.8) is 0 Å². The van der Waals surface area contributed by atoms with E-state index in [9.17, 15) is 0 Å². The maximum absolute atomic E-state index is 2.38. The summed E-state index contributed by atoms with van der Waals surface area (Å²) in [6, 6.07) is 15.4. The van der Waals surface area contributed by atoms with Crippen LogP contribution in [0.1, 0.15) is 32.3 Å². The second-order valence-corrected chi connectivity index (χ2v) is 5.24. The topological polar surface area (TPSA) is 0 Å². The number of allylic oxidation sites excluding steroid dienone is 4. The molecule has 3 rings (SSSR count). The van der Waals surface area contributed by atoms with Gasteiger partial charge in [0.05, 0.1) is 0 Å². The first-order valence-corrected chi connectivity index (χ1v) is 6.51. The number of hydrogen-bond acceptors (Lipinski definition) is 0. The highest BCUT2D eigenvalue weighted by molar-refractivity contribution is 5.83. The highest BCUT2D eigenvalue weighted by Gasteiger charge is 2.19. The molecule has 2 aromatic carbocycles. The van der Waals surface area contributed by atoms with Gasteiger partial charge in [0.2, 0.25) is 0 Å².